The highest BCUT2D eigenvalue weighted by atomic mass is 16.6. The summed E-state index contributed by atoms with van der Waals surface area (Å²) in [5.74, 6) is -1.64. The maximum Gasteiger partial charge on any atom is 0.408 e. The number of hydrogen-bond donors (Lipinski definition) is 3. The zero-order valence-corrected chi connectivity index (χ0v) is 25.2. The Kier molecular flexibility index (Phi) is 14.0. The molecule has 0 bridgehead atoms. The summed E-state index contributed by atoms with van der Waals surface area (Å²) in [4.78, 5) is 53.7. The number of carbonyl (C=O) groups excluding carboxylic acids is 4. The molecule has 1 aromatic carbocycles. The maximum atomic E-state index is 14.1. The molecule has 0 radical (unpaired) electrons. The monoisotopic (exact) mass is 546 g/mol. The molecule has 0 aromatic heterocycles. The van der Waals surface area contributed by atoms with Crippen LogP contribution in [0.15, 0.2) is 18.2 Å². The number of aryl methyl sites for hydroxylation is 2. The van der Waals surface area contributed by atoms with E-state index in [9.17, 15) is 19.2 Å². The highest BCUT2D eigenvalue weighted by Crippen LogP contribution is 2.26. The molecule has 9 nitrogen and oxygen atoms in total. The number of ether oxygens (including phenoxy) is 1. The molecule has 2 unspecified atom stereocenters. The number of primary amides is 1. The van der Waals surface area contributed by atoms with Crippen LogP contribution in [-0.4, -0.2) is 52.9 Å². The van der Waals surface area contributed by atoms with Gasteiger partial charge in [-0.3, -0.25) is 14.4 Å². The number of unbranched alkanes of at least 4 members (excludes halogenated alkanes) is 5. The van der Waals surface area contributed by atoms with Crippen LogP contribution in [0.4, 0.5) is 4.79 Å². The third-order valence-corrected chi connectivity index (χ3v) is 6.27. The molecule has 39 heavy (non-hydrogen) atoms. The van der Waals surface area contributed by atoms with Crippen molar-refractivity contribution in [3.8, 4) is 0 Å². The van der Waals surface area contributed by atoms with E-state index in [1.54, 1.807) is 20.8 Å². The van der Waals surface area contributed by atoms with Crippen molar-refractivity contribution in [2.75, 3.05) is 6.54 Å². The number of rotatable bonds is 15. The van der Waals surface area contributed by atoms with Gasteiger partial charge in [0.25, 0.3) is 0 Å². The summed E-state index contributed by atoms with van der Waals surface area (Å²) in [7, 11) is 0. The molecule has 0 aliphatic carbocycles. The van der Waals surface area contributed by atoms with Crippen LogP contribution >= 0.6 is 0 Å². The molecule has 9 heteroatoms. The number of hydrogen-bond acceptors (Lipinski definition) is 5. The molecule has 4 N–H and O–H groups in total. The Hall–Kier alpha value is -3.10. The summed E-state index contributed by atoms with van der Waals surface area (Å²) in [6.45, 7) is 15.2. The van der Waals surface area contributed by atoms with Gasteiger partial charge in [-0.1, -0.05) is 57.2 Å². The van der Waals surface area contributed by atoms with Crippen LogP contribution < -0.4 is 16.4 Å². The molecule has 0 saturated carbocycles. The van der Waals surface area contributed by atoms with Crippen molar-refractivity contribution in [1.82, 2.24) is 15.5 Å². The van der Waals surface area contributed by atoms with Gasteiger partial charge in [-0.15, -0.1) is 0 Å². The van der Waals surface area contributed by atoms with Crippen molar-refractivity contribution in [3.63, 3.8) is 0 Å². The van der Waals surface area contributed by atoms with Crippen molar-refractivity contribution in [2.45, 2.75) is 124 Å². The van der Waals surface area contributed by atoms with Crippen molar-refractivity contribution in [2.24, 2.45) is 5.73 Å². The van der Waals surface area contributed by atoms with Crippen molar-refractivity contribution in [1.29, 1.82) is 0 Å². The number of nitrogens with one attached hydrogen (secondary N) is 2. The van der Waals surface area contributed by atoms with E-state index >= 15 is 0 Å². The Morgan fingerprint density at radius 1 is 0.949 bits per heavy atom. The molecular weight excluding hydrogens is 496 g/mol. The predicted molar refractivity (Wildman–Crippen MR) is 154 cm³/mol. The molecule has 0 aliphatic heterocycles. The fourth-order valence-corrected chi connectivity index (χ4v) is 4.25. The van der Waals surface area contributed by atoms with E-state index in [0.717, 1.165) is 43.2 Å². The molecule has 1 aromatic rings. The summed E-state index contributed by atoms with van der Waals surface area (Å²) in [5.41, 5.74) is 7.38. The number of alkyl carbamates (subject to hydrolysis) is 1. The molecule has 0 aliphatic rings. The lowest BCUT2D eigenvalue weighted by atomic mass is 9.97. The van der Waals surface area contributed by atoms with E-state index < -0.39 is 42.0 Å². The van der Waals surface area contributed by atoms with Gasteiger partial charge in [-0.2, -0.15) is 0 Å². The standard InChI is InChI=1S/C30H50N4O5/c1-9-10-11-12-13-14-17-34(28(37)24(19-25(31)35)33-29(38)39-30(6,7)8)26(27(36)32-20(2)3)23-16-15-21(4)22(5)18-23/h15-16,18,20,24,26H,9-14,17,19H2,1-8H3,(H2,31,35)(H,32,36)(H,33,38). The minimum Gasteiger partial charge on any atom is -0.444 e. The lowest BCUT2D eigenvalue weighted by Crippen LogP contribution is -2.54. The van der Waals surface area contributed by atoms with Gasteiger partial charge in [0.15, 0.2) is 0 Å². The van der Waals surface area contributed by atoms with Crippen molar-refractivity contribution >= 4 is 23.8 Å². The third kappa shape index (κ3) is 12.5. The first-order chi connectivity index (χ1) is 18.2. The first-order valence-corrected chi connectivity index (χ1v) is 14.1. The van der Waals surface area contributed by atoms with E-state index in [1.807, 2.05) is 45.9 Å². The average Bonchev–Trinajstić information content (AvgIpc) is 2.79. The van der Waals surface area contributed by atoms with Crippen LogP contribution in [-0.2, 0) is 19.1 Å². The molecule has 0 heterocycles. The van der Waals surface area contributed by atoms with Crippen LogP contribution in [0.5, 0.6) is 0 Å². The SMILES string of the molecule is CCCCCCCCN(C(=O)C(CC(N)=O)NC(=O)OC(C)(C)C)C(C(=O)NC(C)C)c1ccc(C)c(C)c1. The van der Waals surface area contributed by atoms with Gasteiger partial charge < -0.3 is 26.0 Å². The quantitative estimate of drug-likeness (QED) is 0.271. The van der Waals surface area contributed by atoms with Gasteiger partial charge in [-0.05, 0) is 71.6 Å². The zero-order chi connectivity index (χ0) is 29.8. The van der Waals surface area contributed by atoms with E-state index in [1.165, 1.54) is 4.90 Å². The van der Waals surface area contributed by atoms with E-state index in [4.69, 9.17) is 10.5 Å². The zero-order valence-electron chi connectivity index (χ0n) is 25.2. The van der Waals surface area contributed by atoms with Crippen LogP contribution in [0.1, 0.15) is 109 Å². The summed E-state index contributed by atoms with van der Waals surface area (Å²) in [6, 6.07) is 3.29. The Labute approximate surface area is 234 Å². The topological polar surface area (TPSA) is 131 Å². The van der Waals surface area contributed by atoms with E-state index in [0.29, 0.717) is 12.0 Å². The second-order valence-corrected chi connectivity index (χ2v) is 11.6. The van der Waals surface area contributed by atoms with E-state index in [-0.39, 0.29) is 18.5 Å². The van der Waals surface area contributed by atoms with Gasteiger partial charge in [0.05, 0.1) is 6.42 Å². The molecule has 1 rings (SSSR count). The molecule has 0 spiro atoms. The third-order valence-electron chi connectivity index (χ3n) is 6.27. The number of amides is 4. The summed E-state index contributed by atoms with van der Waals surface area (Å²) < 4.78 is 5.34. The smallest absolute Gasteiger partial charge is 0.408 e. The molecule has 0 fully saturated rings. The van der Waals surface area contributed by atoms with E-state index in [2.05, 4.69) is 17.6 Å². The van der Waals surface area contributed by atoms with Crippen LogP contribution in [0, 0.1) is 13.8 Å². The minimum atomic E-state index is -1.28. The van der Waals surface area contributed by atoms with Gasteiger partial charge in [0, 0.05) is 12.6 Å². The predicted octanol–water partition coefficient (Wildman–Crippen LogP) is 4.83. The first kappa shape index (κ1) is 33.9. The summed E-state index contributed by atoms with van der Waals surface area (Å²) in [5, 5.41) is 5.47. The highest BCUT2D eigenvalue weighted by Gasteiger charge is 2.37. The Morgan fingerprint density at radius 2 is 1.56 bits per heavy atom. The number of nitrogens with zero attached hydrogens (tertiary/aromatic N) is 1. The normalized spacial score (nSPS) is 12.9. The lowest BCUT2D eigenvalue weighted by molar-refractivity contribution is -0.143. The average molecular weight is 547 g/mol. The highest BCUT2D eigenvalue weighted by molar-refractivity contribution is 5.94. The van der Waals surface area contributed by atoms with Crippen molar-refractivity contribution in [3.05, 3.63) is 34.9 Å². The fraction of sp³-hybridized carbons (Fsp3) is 0.667. The van der Waals surface area contributed by atoms with Crippen LogP contribution in [0.25, 0.3) is 0 Å². The van der Waals surface area contributed by atoms with Gasteiger partial charge in [0.2, 0.25) is 17.7 Å². The van der Waals surface area contributed by atoms with Gasteiger partial charge in [-0.25, -0.2) is 4.79 Å². The number of nitrogens with two attached hydrogens (primary N) is 1. The fourth-order valence-electron chi connectivity index (χ4n) is 4.25. The molecule has 4 amide bonds. The molecule has 0 saturated heterocycles. The minimum absolute atomic E-state index is 0.154. The second kappa shape index (κ2) is 16.1. The Balaban J connectivity index is 3.49. The molecular formula is C30H50N4O5. The largest absolute Gasteiger partial charge is 0.444 e. The van der Waals surface area contributed by atoms with Gasteiger partial charge in [0.1, 0.15) is 17.7 Å². The summed E-state index contributed by atoms with van der Waals surface area (Å²) in [6.07, 6.45) is 4.68. The van der Waals surface area contributed by atoms with Crippen LogP contribution in [0.2, 0.25) is 0 Å². The molecule has 2 atom stereocenters. The van der Waals surface area contributed by atoms with Gasteiger partial charge >= 0.3 is 6.09 Å². The maximum absolute atomic E-state index is 14.1. The number of carbonyl (C=O) groups is 4. The summed E-state index contributed by atoms with van der Waals surface area (Å²) >= 11 is 0. The number of benzene rings is 1. The Bertz CT molecular complexity index is 971. The van der Waals surface area contributed by atoms with Crippen molar-refractivity contribution < 1.29 is 23.9 Å². The lowest BCUT2D eigenvalue weighted by Gasteiger charge is -2.35. The second-order valence-electron chi connectivity index (χ2n) is 11.6. The first-order valence-electron chi connectivity index (χ1n) is 14.1. The molecule has 220 valence electrons. The van der Waals surface area contributed by atoms with Crippen LogP contribution in [0.3, 0.4) is 0 Å². The Morgan fingerprint density at radius 3 is 2.10 bits per heavy atom.